The first-order valence-corrected chi connectivity index (χ1v) is 6.95. The van der Waals surface area contributed by atoms with E-state index in [4.69, 9.17) is 16.3 Å². The van der Waals surface area contributed by atoms with Gasteiger partial charge >= 0.3 is 6.18 Å². The second-order valence-corrected chi connectivity index (χ2v) is 5.30. The van der Waals surface area contributed by atoms with Gasteiger partial charge < -0.3 is 4.74 Å². The Morgan fingerprint density at radius 1 is 1.14 bits per heavy atom. The van der Waals surface area contributed by atoms with Crippen molar-refractivity contribution in [1.29, 1.82) is 0 Å². The van der Waals surface area contributed by atoms with Crippen molar-refractivity contribution in [3.8, 4) is 11.6 Å². The van der Waals surface area contributed by atoms with Gasteiger partial charge in [-0.25, -0.2) is 4.98 Å². The molecule has 0 amide bonds. The fraction of sp³-hybridized carbons (Fsp3) is 0.0769. The van der Waals surface area contributed by atoms with Crippen LogP contribution >= 0.6 is 22.9 Å². The second kappa shape index (κ2) is 5.16. The van der Waals surface area contributed by atoms with Crippen molar-refractivity contribution < 1.29 is 17.9 Å². The molecule has 0 aliphatic heterocycles. The van der Waals surface area contributed by atoms with Crippen molar-refractivity contribution in [2.75, 3.05) is 0 Å². The molecule has 3 rings (SSSR count). The molecule has 3 aromatic rings. The SMILES string of the molecule is FC(F)(F)c1cccc(Oc2nc(Cl)nc3sccc23)c1. The lowest BCUT2D eigenvalue weighted by atomic mass is 10.2. The van der Waals surface area contributed by atoms with Gasteiger partial charge in [0.05, 0.1) is 10.9 Å². The Balaban J connectivity index is 2.01. The Kier molecular flexibility index (Phi) is 3.46. The third-order valence-electron chi connectivity index (χ3n) is 2.64. The number of hydrogen-bond acceptors (Lipinski definition) is 4. The Bertz CT molecular complexity index is 803. The lowest BCUT2D eigenvalue weighted by Gasteiger charge is -2.10. The van der Waals surface area contributed by atoms with E-state index < -0.39 is 11.7 Å². The average molecular weight is 331 g/mol. The van der Waals surface area contributed by atoms with Crippen LogP contribution in [-0.4, -0.2) is 9.97 Å². The molecule has 0 N–H and O–H groups in total. The lowest BCUT2D eigenvalue weighted by Crippen LogP contribution is -2.04. The molecule has 0 unspecified atom stereocenters. The third-order valence-corrected chi connectivity index (χ3v) is 3.61. The van der Waals surface area contributed by atoms with Crippen LogP contribution in [0.2, 0.25) is 5.28 Å². The number of halogens is 4. The van der Waals surface area contributed by atoms with Crippen molar-refractivity contribution in [3.63, 3.8) is 0 Å². The van der Waals surface area contributed by atoms with Gasteiger partial charge in [-0.05, 0) is 41.2 Å². The first kappa shape index (κ1) is 14.1. The molecule has 0 radical (unpaired) electrons. The predicted octanol–water partition coefficient (Wildman–Crippen LogP) is 5.16. The van der Waals surface area contributed by atoms with E-state index in [2.05, 4.69) is 9.97 Å². The van der Waals surface area contributed by atoms with Gasteiger partial charge in [0, 0.05) is 0 Å². The zero-order valence-corrected chi connectivity index (χ0v) is 11.8. The van der Waals surface area contributed by atoms with Gasteiger partial charge in [0.25, 0.3) is 0 Å². The Morgan fingerprint density at radius 2 is 1.95 bits per heavy atom. The molecule has 0 aliphatic carbocycles. The van der Waals surface area contributed by atoms with E-state index in [-0.39, 0.29) is 16.9 Å². The first-order valence-electron chi connectivity index (χ1n) is 5.69. The van der Waals surface area contributed by atoms with Crippen LogP contribution in [0.1, 0.15) is 5.56 Å². The summed E-state index contributed by atoms with van der Waals surface area (Å²) in [6.45, 7) is 0. The molecule has 0 bridgehead atoms. The summed E-state index contributed by atoms with van der Waals surface area (Å²) in [5, 5.41) is 2.35. The van der Waals surface area contributed by atoms with Crippen LogP contribution < -0.4 is 4.74 Å². The summed E-state index contributed by atoms with van der Waals surface area (Å²) in [6, 6.07) is 6.29. The summed E-state index contributed by atoms with van der Waals surface area (Å²) in [5.41, 5.74) is -0.790. The van der Waals surface area contributed by atoms with Gasteiger partial charge in [-0.3, -0.25) is 0 Å². The molecule has 1 aromatic carbocycles. The lowest BCUT2D eigenvalue weighted by molar-refractivity contribution is -0.137. The zero-order valence-electron chi connectivity index (χ0n) is 10.2. The minimum Gasteiger partial charge on any atom is -0.438 e. The highest BCUT2D eigenvalue weighted by molar-refractivity contribution is 7.16. The quantitative estimate of drug-likeness (QED) is 0.609. The van der Waals surface area contributed by atoms with Crippen molar-refractivity contribution in [2.45, 2.75) is 6.18 Å². The fourth-order valence-corrected chi connectivity index (χ4v) is 2.69. The van der Waals surface area contributed by atoms with Crippen LogP contribution in [0.4, 0.5) is 13.2 Å². The third kappa shape index (κ3) is 2.93. The molecule has 0 saturated heterocycles. The molecule has 0 spiro atoms. The number of benzene rings is 1. The van der Waals surface area contributed by atoms with E-state index >= 15 is 0 Å². The fourth-order valence-electron chi connectivity index (χ4n) is 1.73. The van der Waals surface area contributed by atoms with E-state index in [0.717, 1.165) is 12.1 Å². The van der Waals surface area contributed by atoms with E-state index in [0.29, 0.717) is 10.2 Å². The zero-order chi connectivity index (χ0) is 15.0. The second-order valence-electron chi connectivity index (χ2n) is 4.06. The number of alkyl halides is 3. The molecule has 8 heteroatoms. The molecular formula is C13H6ClF3N2OS. The van der Waals surface area contributed by atoms with Gasteiger partial charge in [-0.2, -0.15) is 18.2 Å². The Labute approximate surface area is 126 Å². The smallest absolute Gasteiger partial charge is 0.416 e. The molecule has 108 valence electrons. The molecule has 2 heterocycles. The van der Waals surface area contributed by atoms with Crippen molar-refractivity contribution in [3.05, 3.63) is 46.6 Å². The van der Waals surface area contributed by atoms with Gasteiger partial charge in [0.15, 0.2) is 0 Å². The maximum atomic E-state index is 12.7. The Hall–Kier alpha value is -1.86. The van der Waals surface area contributed by atoms with E-state index in [1.54, 1.807) is 11.4 Å². The summed E-state index contributed by atoms with van der Waals surface area (Å²) >= 11 is 7.11. The van der Waals surface area contributed by atoms with Crippen LogP contribution in [0.5, 0.6) is 11.6 Å². The Morgan fingerprint density at radius 3 is 2.71 bits per heavy atom. The molecule has 0 fully saturated rings. The van der Waals surface area contributed by atoms with Gasteiger partial charge in [0.1, 0.15) is 10.6 Å². The normalized spacial score (nSPS) is 11.8. The number of rotatable bonds is 2. The summed E-state index contributed by atoms with van der Waals surface area (Å²) in [6.07, 6.45) is -4.43. The molecule has 21 heavy (non-hydrogen) atoms. The van der Waals surface area contributed by atoms with Crippen LogP contribution in [0.3, 0.4) is 0 Å². The van der Waals surface area contributed by atoms with Gasteiger partial charge in [-0.15, -0.1) is 11.3 Å². The highest BCUT2D eigenvalue weighted by atomic mass is 35.5. The number of thiophene rings is 1. The first-order chi connectivity index (χ1) is 9.93. The predicted molar refractivity (Wildman–Crippen MR) is 73.9 cm³/mol. The van der Waals surface area contributed by atoms with Gasteiger partial charge in [-0.1, -0.05) is 6.07 Å². The van der Waals surface area contributed by atoms with Gasteiger partial charge in [0.2, 0.25) is 11.2 Å². The topological polar surface area (TPSA) is 35.0 Å². The van der Waals surface area contributed by atoms with Crippen molar-refractivity contribution >= 4 is 33.2 Å². The largest absolute Gasteiger partial charge is 0.438 e. The number of ether oxygens (including phenoxy) is 1. The van der Waals surface area contributed by atoms with E-state index in [9.17, 15) is 13.2 Å². The highest BCUT2D eigenvalue weighted by Gasteiger charge is 2.30. The monoisotopic (exact) mass is 330 g/mol. The molecular weight excluding hydrogens is 325 g/mol. The van der Waals surface area contributed by atoms with Crippen LogP contribution in [0, 0.1) is 0 Å². The number of aromatic nitrogens is 2. The summed E-state index contributed by atoms with van der Waals surface area (Å²) in [7, 11) is 0. The minimum atomic E-state index is -4.43. The van der Waals surface area contributed by atoms with Crippen LogP contribution in [0.25, 0.3) is 10.2 Å². The minimum absolute atomic E-state index is 0.0214. The standard InChI is InChI=1S/C13H6ClF3N2OS/c14-12-18-10(9-4-5-21-11(9)19-12)20-8-3-1-2-7(6-8)13(15,16)17/h1-6H. The molecule has 2 aromatic heterocycles. The average Bonchev–Trinajstić information content (AvgIpc) is 2.86. The number of nitrogens with zero attached hydrogens (tertiary/aromatic N) is 2. The molecule has 0 saturated carbocycles. The van der Waals surface area contributed by atoms with Crippen molar-refractivity contribution in [1.82, 2.24) is 9.97 Å². The molecule has 3 nitrogen and oxygen atoms in total. The van der Waals surface area contributed by atoms with Crippen LogP contribution in [-0.2, 0) is 6.18 Å². The summed E-state index contributed by atoms with van der Waals surface area (Å²) in [4.78, 5) is 8.53. The molecule has 0 atom stereocenters. The van der Waals surface area contributed by atoms with E-state index in [1.165, 1.54) is 23.5 Å². The maximum Gasteiger partial charge on any atom is 0.416 e. The summed E-state index contributed by atoms with van der Waals surface area (Å²) < 4.78 is 43.5. The number of fused-ring (bicyclic) bond motifs is 1. The highest BCUT2D eigenvalue weighted by Crippen LogP contribution is 2.35. The molecule has 0 aliphatic rings. The maximum absolute atomic E-state index is 12.7. The van der Waals surface area contributed by atoms with Crippen LogP contribution in [0.15, 0.2) is 35.7 Å². The van der Waals surface area contributed by atoms with Crippen molar-refractivity contribution in [2.24, 2.45) is 0 Å². The summed E-state index contributed by atoms with van der Waals surface area (Å²) in [5.74, 6) is 0.165. The van der Waals surface area contributed by atoms with E-state index in [1.807, 2.05) is 0 Å². The number of hydrogen-bond donors (Lipinski definition) is 0.